The number of ether oxygens (including phenoxy) is 3. The van der Waals surface area contributed by atoms with Gasteiger partial charge in [-0.05, 0) is 17.0 Å². The summed E-state index contributed by atoms with van der Waals surface area (Å²) in [5, 5.41) is 0. The van der Waals surface area contributed by atoms with Gasteiger partial charge in [-0.3, -0.25) is 0 Å². The lowest BCUT2D eigenvalue weighted by Crippen LogP contribution is -2.16. The Balaban J connectivity index is 1.92. The summed E-state index contributed by atoms with van der Waals surface area (Å²) >= 11 is 0. The van der Waals surface area contributed by atoms with Crippen LogP contribution in [0.4, 0.5) is 0 Å². The van der Waals surface area contributed by atoms with Crippen molar-refractivity contribution in [2.24, 2.45) is 0 Å². The maximum absolute atomic E-state index is 5.87. The zero-order valence-electron chi connectivity index (χ0n) is 11.4. The molecule has 0 saturated carbocycles. The minimum Gasteiger partial charge on any atom is -0.493 e. The van der Waals surface area contributed by atoms with Crippen LogP contribution in [0.25, 0.3) is 0 Å². The van der Waals surface area contributed by atoms with E-state index in [0.717, 1.165) is 12.2 Å². The molecule has 100 valence electrons. The minimum absolute atomic E-state index is 0.0909. The molecule has 1 heterocycles. The number of rotatable bonds is 4. The highest BCUT2D eigenvalue weighted by atomic mass is 16.7. The fourth-order valence-corrected chi connectivity index (χ4v) is 2.05. The first kappa shape index (κ1) is 13.4. The SMILES string of the molecule is CC(C)(C)c1ccccc1OCCC1OCCO1. The number of para-hydroxylation sites is 1. The predicted octanol–water partition coefficient (Wildman–Crippen LogP) is 3.13. The van der Waals surface area contributed by atoms with Crippen LogP contribution in [-0.2, 0) is 14.9 Å². The molecule has 0 aliphatic carbocycles. The second-order valence-electron chi connectivity index (χ2n) is 5.55. The summed E-state index contributed by atoms with van der Waals surface area (Å²) in [6.07, 6.45) is 0.685. The average molecular weight is 250 g/mol. The second-order valence-corrected chi connectivity index (χ2v) is 5.55. The fraction of sp³-hybridized carbons (Fsp3) is 0.600. The lowest BCUT2D eigenvalue weighted by atomic mass is 9.86. The molecule has 1 aliphatic rings. The molecule has 3 heteroatoms. The highest BCUT2D eigenvalue weighted by molar-refractivity contribution is 5.38. The molecule has 1 fully saturated rings. The van der Waals surface area contributed by atoms with E-state index in [1.165, 1.54) is 5.56 Å². The van der Waals surface area contributed by atoms with E-state index in [1.807, 2.05) is 12.1 Å². The summed E-state index contributed by atoms with van der Waals surface area (Å²) in [5.41, 5.74) is 1.33. The molecule has 3 nitrogen and oxygen atoms in total. The third kappa shape index (κ3) is 3.47. The van der Waals surface area contributed by atoms with Gasteiger partial charge in [0.25, 0.3) is 0 Å². The molecule has 0 atom stereocenters. The molecule has 1 saturated heterocycles. The van der Waals surface area contributed by atoms with Crippen LogP contribution >= 0.6 is 0 Å². The Morgan fingerprint density at radius 2 is 1.83 bits per heavy atom. The summed E-state index contributed by atoms with van der Waals surface area (Å²) < 4.78 is 16.6. The van der Waals surface area contributed by atoms with Crippen LogP contribution in [0.1, 0.15) is 32.8 Å². The van der Waals surface area contributed by atoms with E-state index < -0.39 is 0 Å². The van der Waals surface area contributed by atoms with E-state index >= 15 is 0 Å². The molecule has 0 amide bonds. The molecule has 0 radical (unpaired) electrons. The largest absolute Gasteiger partial charge is 0.493 e. The standard InChI is InChI=1S/C15H22O3/c1-15(2,3)12-6-4-5-7-13(12)16-9-8-14-17-10-11-18-14/h4-7,14H,8-11H2,1-3H3. The molecule has 18 heavy (non-hydrogen) atoms. The van der Waals surface area contributed by atoms with Crippen molar-refractivity contribution in [2.45, 2.75) is 38.9 Å². The van der Waals surface area contributed by atoms with Crippen LogP contribution in [-0.4, -0.2) is 26.1 Å². The fourth-order valence-electron chi connectivity index (χ4n) is 2.05. The third-order valence-electron chi connectivity index (χ3n) is 3.00. The van der Waals surface area contributed by atoms with Crippen molar-refractivity contribution in [2.75, 3.05) is 19.8 Å². The zero-order valence-corrected chi connectivity index (χ0v) is 11.4. The minimum atomic E-state index is -0.0909. The first-order valence-electron chi connectivity index (χ1n) is 6.53. The van der Waals surface area contributed by atoms with Gasteiger partial charge in [0.2, 0.25) is 0 Å². The average Bonchev–Trinajstić information content (AvgIpc) is 2.81. The van der Waals surface area contributed by atoms with Crippen LogP contribution in [0, 0.1) is 0 Å². The highest BCUT2D eigenvalue weighted by Crippen LogP contribution is 2.31. The van der Waals surface area contributed by atoms with E-state index in [9.17, 15) is 0 Å². The number of hydrogen-bond acceptors (Lipinski definition) is 3. The summed E-state index contributed by atoms with van der Waals surface area (Å²) in [6, 6.07) is 8.21. The smallest absolute Gasteiger partial charge is 0.161 e. The van der Waals surface area contributed by atoms with Gasteiger partial charge in [-0.15, -0.1) is 0 Å². The van der Waals surface area contributed by atoms with Gasteiger partial charge in [0.15, 0.2) is 6.29 Å². The van der Waals surface area contributed by atoms with Gasteiger partial charge >= 0.3 is 0 Å². The van der Waals surface area contributed by atoms with Crippen molar-refractivity contribution in [1.29, 1.82) is 0 Å². The van der Waals surface area contributed by atoms with Crippen LogP contribution in [0.2, 0.25) is 0 Å². The lowest BCUT2D eigenvalue weighted by molar-refractivity contribution is -0.0532. The van der Waals surface area contributed by atoms with Crippen molar-refractivity contribution < 1.29 is 14.2 Å². The molecule has 2 rings (SSSR count). The molecule has 1 aliphatic heterocycles. The Kier molecular flexibility index (Phi) is 4.25. The molecular formula is C15H22O3. The Morgan fingerprint density at radius 3 is 2.50 bits per heavy atom. The summed E-state index contributed by atoms with van der Waals surface area (Å²) in [5.74, 6) is 0.961. The topological polar surface area (TPSA) is 27.7 Å². The summed E-state index contributed by atoms with van der Waals surface area (Å²) in [4.78, 5) is 0. The van der Waals surface area contributed by atoms with Crippen molar-refractivity contribution >= 4 is 0 Å². The normalized spacial score (nSPS) is 17.1. The van der Waals surface area contributed by atoms with Crippen LogP contribution in [0.3, 0.4) is 0 Å². The first-order chi connectivity index (χ1) is 8.57. The Bertz CT molecular complexity index is 376. The summed E-state index contributed by atoms with van der Waals surface area (Å²) in [6.45, 7) is 8.60. The monoisotopic (exact) mass is 250 g/mol. The van der Waals surface area contributed by atoms with Gasteiger partial charge in [0.1, 0.15) is 5.75 Å². The maximum Gasteiger partial charge on any atom is 0.161 e. The first-order valence-corrected chi connectivity index (χ1v) is 6.53. The van der Waals surface area contributed by atoms with Crippen LogP contribution in [0.5, 0.6) is 5.75 Å². The Morgan fingerprint density at radius 1 is 1.17 bits per heavy atom. The molecule has 1 aromatic rings. The van der Waals surface area contributed by atoms with Gasteiger partial charge in [-0.2, -0.15) is 0 Å². The summed E-state index contributed by atoms with van der Waals surface area (Å²) in [7, 11) is 0. The zero-order chi connectivity index (χ0) is 13.0. The van der Waals surface area contributed by atoms with Gasteiger partial charge in [-0.1, -0.05) is 39.0 Å². The van der Waals surface area contributed by atoms with E-state index in [2.05, 4.69) is 32.9 Å². The van der Waals surface area contributed by atoms with Gasteiger partial charge < -0.3 is 14.2 Å². The molecule has 0 bridgehead atoms. The molecule has 0 aromatic heterocycles. The predicted molar refractivity (Wildman–Crippen MR) is 70.9 cm³/mol. The van der Waals surface area contributed by atoms with E-state index in [1.54, 1.807) is 0 Å². The highest BCUT2D eigenvalue weighted by Gasteiger charge is 2.19. The van der Waals surface area contributed by atoms with Gasteiger partial charge in [0, 0.05) is 6.42 Å². The Labute approximate surface area is 109 Å². The molecule has 0 unspecified atom stereocenters. The quantitative estimate of drug-likeness (QED) is 0.821. The van der Waals surface area contributed by atoms with E-state index in [-0.39, 0.29) is 11.7 Å². The van der Waals surface area contributed by atoms with E-state index in [4.69, 9.17) is 14.2 Å². The lowest BCUT2D eigenvalue weighted by Gasteiger charge is -2.23. The van der Waals surface area contributed by atoms with E-state index in [0.29, 0.717) is 19.8 Å². The van der Waals surface area contributed by atoms with Crippen molar-refractivity contribution in [1.82, 2.24) is 0 Å². The molecular weight excluding hydrogens is 228 g/mol. The number of benzene rings is 1. The molecule has 1 aromatic carbocycles. The van der Waals surface area contributed by atoms with Crippen LogP contribution in [0.15, 0.2) is 24.3 Å². The maximum atomic E-state index is 5.87. The second kappa shape index (κ2) is 5.72. The molecule has 0 N–H and O–H groups in total. The molecule has 0 spiro atoms. The van der Waals surface area contributed by atoms with Crippen molar-refractivity contribution in [3.8, 4) is 5.75 Å². The van der Waals surface area contributed by atoms with Crippen molar-refractivity contribution in [3.05, 3.63) is 29.8 Å². The van der Waals surface area contributed by atoms with Crippen LogP contribution < -0.4 is 4.74 Å². The van der Waals surface area contributed by atoms with Gasteiger partial charge in [-0.25, -0.2) is 0 Å². The third-order valence-corrected chi connectivity index (χ3v) is 3.00. The van der Waals surface area contributed by atoms with Gasteiger partial charge in [0.05, 0.1) is 19.8 Å². The van der Waals surface area contributed by atoms with Crippen molar-refractivity contribution in [3.63, 3.8) is 0 Å². The Hall–Kier alpha value is -1.06. The number of hydrogen-bond donors (Lipinski definition) is 0.